The molecule has 3 aromatic carbocycles. The number of amides is 3. The predicted molar refractivity (Wildman–Crippen MR) is 125 cm³/mol. The number of halogens is 1. The monoisotopic (exact) mass is 465 g/mol. The molecule has 3 N–H and O–H groups in total. The van der Waals surface area contributed by atoms with Gasteiger partial charge in [0.2, 0.25) is 0 Å². The van der Waals surface area contributed by atoms with E-state index < -0.39 is 11.7 Å². The molecule has 0 bridgehead atoms. The SMILES string of the molecule is COc1cccc(NC(=O)COc2ccc(C(=O)NCCNC(=O)c3ccccc3F)cc2)c1. The number of nitrogens with one attached hydrogen (secondary N) is 3. The topological polar surface area (TPSA) is 106 Å². The van der Waals surface area contributed by atoms with Crippen molar-refractivity contribution in [2.24, 2.45) is 0 Å². The van der Waals surface area contributed by atoms with Gasteiger partial charge in [0.05, 0.1) is 12.7 Å². The van der Waals surface area contributed by atoms with E-state index in [1.807, 2.05) is 0 Å². The highest BCUT2D eigenvalue weighted by Gasteiger charge is 2.11. The third-order valence-electron chi connectivity index (χ3n) is 4.65. The lowest BCUT2D eigenvalue weighted by Crippen LogP contribution is -2.35. The minimum Gasteiger partial charge on any atom is -0.497 e. The van der Waals surface area contributed by atoms with E-state index in [0.717, 1.165) is 0 Å². The molecule has 0 spiro atoms. The third-order valence-corrected chi connectivity index (χ3v) is 4.65. The van der Waals surface area contributed by atoms with E-state index in [1.54, 1.807) is 61.7 Å². The van der Waals surface area contributed by atoms with Crippen LogP contribution in [0.2, 0.25) is 0 Å². The van der Waals surface area contributed by atoms with Gasteiger partial charge in [0.1, 0.15) is 17.3 Å². The number of carbonyl (C=O) groups excluding carboxylic acids is 3. The molecule has 0 atom stereocenters. The molecule has 0 saturated carbocycles. The second-order valence-electron chi connectivity index (χ2n) is 7.08. The summed E-state index contributed by atoms with van der Waals surface area (Å²) in [6.45, 7) is 0.106. The number of ether oxygens (including phenoxy) is 2. The fourth-order valence-electron chi connectivity index (χ4n) is 2.94. The van der Waals surface area contributed by atoms with E-state index in [2.05, 4.69) is 16.0 Å². The molecule has 8 nitrogen and oxygen atoms in total. The minimum absolute atomic E-state index is 0.0541. The van der Waals surface area contributed by atoms with E-state index in [9.17, 15) is 18.8 Å². The first-order chi connectivity index (χ1) is 16.5. The van der Waals surface area contributed by atoms with Crippen LogP contribution < -0.4 is 25.4 Å². The molecular formula is C25H24FN3O5. The zero-order chi connectivity index (χ0) is 24.3. The third kappa shape index (κ3) is 7.06. The Morgan fingerprint density at radius 2 is 1.53 bits per heavy atom. The van der Waals surface area contributed by atoms with Gasteiger partial charge in [0.25, 0.3) is 17.7 Å². The van der Waals surface area contributed by atoms with Crippen molar-refractivity contribution in [3.8, 4) is 11.5 Å². The summed E-state index contributed by atoms with van der Waals surface area (Å²) in [5.74, 6) is -0.794. The van der Waals surface area contributed by atoms with Crippen LogP contribution >= 0.6 is 0 Å². The van der Waals surface area contributed by atoms with Gasteiger partial charge >= 0.3 is 0 Å². The number of anilines is 1. The van der Waals surface area contributed by atoms with Gasteiger partial charge in [-0.2, -0.15) is 0 Å². The van der Waals surface area contributed by atoms with Gasteiger partial charge in [-0.15, -0.1) is 0 Å². The van der Waals surface area contributed by atoms with Crippen molar-refractivity contribution in [3.05, 3.63) is 89.7 Å². The Hall–Kier alpha value is -4.40. The fourth-order valence-corrected chi connectivity index (χ4v) is 2.94. The lowest BCUT2D eigenvalue weighted by atomic mass is 10.2. The lowest BCUT2D eigenvalue weighted by Gasteiger charge is -2.10. The molecule has 3 amide bonds. The van der Waals surface area contributed by atoms with Crippen LogP contribution in [-0.4, -0.2) is 44.5 Å². The summed E-state index contributed by atoms with van der Waals surface area (Å²) >= 11 is 0. The Morgan fingerprint density at radius 1 is 0.824 bits per heavy atom. The molecule has 3 aromatic rings. The lowest BCUT2D eigenvalue weighted by molar-refractivity contribution is -0.118. The Morgan fingerprint density at radius 3 is 2.24 bits per heavy atom. The molecule has 0 radical (unpaired) electrons. The Bertz CT molecular complexity index is 1150. The molecule has 34 heavy (non-hydrogen) atoms. The number of rotatable bonds is 10. The van der Waals surface area contributed by atoms with Crippen LogP contribution in [0.4, 0.5) is 10.1 Å². The van der Waals surface area contributed by atoms with Gasteiger partial charge in [-0.3, -0.25) is 14.4 Å². The van der Waals surface area contributed by atoms with Gasteiger partial charge in [-0.1, -0.05) is 18.2 Å². The second kappa shape index (κ2) is 12.0. The van der Waals surface area contributed by atoms with Crippen LogP contribution in [0.25, 0.3) is 0 Å². The zero-order valence-corrected chi connectivity index (χ0v) is 18.5. The first-order valence-electron chi connectivity index (χ1n) is 10.4. The number of methoxy groups -OCH3 is 1. The van der Waals surface area contributed by atoms with Crippen molar-refractivity contribution in [2.45, 2.75) is 0 Å². The maximum atomic E-state index is 13.6. The molecule has 9 heteroatoms. The maximum Gasteiger partial charge on any atom is 0.262 e. The number of hydrogen-bond donors (Lipinski definition) is 3. The molecule has 0 aliphatic heterocycles. The van der Waals surface area contributed by atoms with Gasteiger partial charge in [0, 0.05) is 30.4 Å². The second-order valence-corrected chi connectivity index (χ2v) is 7.08. The summed E-state index contributed by atoms with van der Waals surface area (Å²) in [6, 6.07) is 18.9. The van der Waals surface area contributed by atoms with E-state index in [4.69, 9.17) is 9.47 Å². The zero-order valence-electron chi connectivity index (χ0n) is 18.5. The number of hydrogen-bond acceptors (Lipinski definition) is 5. The highest BCUT2D eigenvalue weighted by Crippen LogP contribution is 2.17. The van der Waals surface area contributed by atoms with Crippen LogP contribution in [0.1, 0.15) is 20.7 Å². The van der Waals surface area contributed by atoms with Crippen molar-refractivity contribution in [3.63, 3.8) is 0 Å². The smallest absolute Gasteiger partial charge is 0.262 e. The van der Waals surface area contributed by atoms with Crippen LogP contribution in [0.3, 0.4) is 0 Å². The Labute approximate surface area is 196 Å². The molecule has 0 unspecified atom stereocenters. The predicted octanol–water partition coefficient (Wildman–Crippen LogP) is 3.01. The summed E-state index contributed by atoms with van der Waals surface area (Å²) in [5.41, 5.74) is 0.917. The summed E-state index contributed by atoms with van der Waals surface area (Å²) in [4.78, 5) is 36.3. The Kier molecular flexibility index (Phi) is 8.56. The molecule has 176 valence electrons. The summed E-state index contributed by atoms with van der Waals surface area (Å²) in [5, 5.41) is 7.92. The van der Waals surface area contributed by atoms with Gasteiger partial charge in [-0.05, 0) is 48.5 Å². The molecule has 0 aliphatic rings. The van der Waals surface area contributed by atoms with E-state index in [-0.39, 0.29) is 37.1 Å². The molecule has 0 aromatic heterocycles. The normalized spacial score (nSPS) is 10.2. The fraction of sp³-hybridized carbons (Fsp3) is 0.160. The molecule has 0 saturated heterocycles. The number of carbonyl (C=O) groups is 3. The first-order valence-corrected chi connectivity index (χ1v) is 10.4. The minimum atomic E-state index is -0.607. The van der Waals surface area contributed by atoms with Crippen LogP contribution in [-0.2, 0) is 4.79 Å². The van der Waals surface area contributed by atoms with Crippen molar-refractivity contribution in [1.82, 2.24) is 10.6 Å². The first kappa shape index (κ1) is 24.2. The van der Waals surface area contributed by atoms with Crippen molar-refractivity contribution < 1.29 is 28.2 Å². The molecule has 0 aliphatic carbocycles. The van der Waals surface area contributed by atoms with E-state index in [0.29, 0.717) is 22.7 Å². The standard InChI is InChI=1S/C25H24FN3O5/c1-33-20-6-4-5-18(15-20)29-23(30)16-34-19-11-9-17(10-12-19)24(31)27-13-14-28-25(32)21-7-2-3-8-22(21)26/h2-12,15H,13-14,16H2,1H3,(H,27,31)(H,28,32)(H,29,30). The molecule has 0 heterocycles. The average molecular weight is 465 g/mol. The van der Waals surface area contributed by atoms with E-state index >= 15 is 0 Å². The number of benzene rings is 3. The van der Waals surface area contributed by atoms with Crippen LogP contribution in [0, 0.1) is 5.82 Å². The van der Waals surface area contributed by atoms with Crippen molar-refractivity contribution >= 4 is 23.4 Å². The summed E-state index contributed by atoms with van der Waals surface area (Å²) in [7, 11) is 1.54. The van der Waals surface area contributed by atoms with E-state index in [1.165, 1.54) is 18.2 Å². The largest absolute Gasteiger partial charge is 0.497 e. The average Bonchev–Trinajstić information content (AvgIpc) is 2.85. The molecule has 0 fully saturated rings. The highest BCUT2D eigenvalue weighted by molar-refractivity contribution is 5.95. The summed E-state index contributed by atoms with van der Waals surface area (Å²) in [6.07, 6.45) is 0. The van der Waals surface area contributed by atoms with Gasteiger partial charge < -0.3 is 25.4 Å². The summed E-state index contributed by atoms with van der Waals surface area (Å²) < 4.78 is 24.2. The molecular weight excluding hydrogens is 441 g/mol. The van der Waals surface area contributed by atoms with Crippen LogP contribution in [0.15, 0.2) is 72.8 Å². The van der Waals surface area contributed by atoms with Gasteiger partial charge in [-0.25, -0.2) is 4.39 Å². The molecule has 3 rings (SSSR count). The Balaban J connectivity index is 1.39. The van der Waals surface area contributed by atoms with Gasteiger partial charge in [0.15, 0.2) is 6.61 Å². The van der Waals surface area contributed by atoms with Crippen molar-refractivity contribution in [2.75, 3.05) is 32.1 Å². The highest BCUT2D eigenvalue weighted by atomic mass is 19.1. The van der Waals surface area contributed by atoms with Crippen LogP contribution in [0.5, 0.6) is 11.5 Å². The maximum absolute atomic E-state index is 13.6. The van der Waals surface area contributed by atoms with Crippen molar-refractivity contribution in [1.29, 1.82) is 0 Å². The quantitative estimate of drug-likeness (QED) is 0.399.